The molecule has 0 aromatic heterocycles. The number of rotatable bonds is 8. The zero-order chi connectivity index (χ0) is 25.1. The molecule has 2 fully saturated rings. The van der Waals surface area contributed by atoms with E-state index in [4.69, 9.17) is 24.0 Å². The Hall–Kier alpha value is -1.27. The Morgan fingerprint density at radius 3 is 2.00 bits per heavy atom. The number of amides is 2. The van der Waals surface area contributed by atoms with Gasteiger partial charge in [0.25, 0.3) is 0 Å². The second-order valence-corrected chi connectivity index (χ2v) is 8.80. The van der Waals surface area contributed by atoms with Crippen molar-refractivity contribution < 1.29 is 68.2 Å². The lowest BCUT2D eigenvalue weighted by atomic mass is 9.96. The van der Waals surface area contributed by atoms with Gasteiger partial charge in [0, 0.05) is 13.8 Å². The Morgan fingerprint density at radius 1 is 0.909 bits per heavy atom. The van der Waals surface area contributed by atoms with Gasteiger partial charge in [-0.1, -0.05) is 0 Å². The van der Waals surface area contributed by atoms with Crippen molar-refractivity contribution in [3.05, 3.63) is 0 Å². The van der Waals surface area contributed by atoms with Crippen molar-refractivity contribution in [2.75, 3.05) is 13.2 Å². The van der Waals surface area contributed by atoms with E-state index in [0.29, 0.717) is 0 Å². The van der Waals surface area contributed by atoms with Crippen LogP contribution in [0.1, 0.15) is 13.8 Å². The molecular formula is C16H29N2O14P. The highest BCUT2D eigenvalue weighted by Crippen LogP contribution is 2.41. The molecule has 0 spiro atoms. The fourth-order valence-electron chi connectivity index (χ4n) is 3.55. The summed E-state index contributed by atoms with van der Waals surface area (Å²) in [4.78, 5) is 40.9. The molecule has 2 amide bonds. The highest BCUT2D eigenvalue weighted by molar-refractivity contribution is 7.46. The van der Waals surface area contributed by atoms with E-state index < -0.39 is 94.1 Å². The summed E-state index contributed by atoms with van der Waals surface area (Å²) in [5.74, 6) is -1.26. The zero-order valence-corrected chi connectivity index (χ0v) is 18.5. The maximum absolute atomic E-state index is 11.6. The predicted octanol–water partition coefficient (Wildman–Crippen LogP) is -4.99. The highest BCUT2D eigenvalue weighted by atomic mass is 31.2. The van der Waals surface area contributed by atoms with Crippen LogP contribution >= 0.6 is 7.82 Å². The van der Waals surface area contributed by atoms with Crippen molar-refractivity contribution in [2.24, 2.45) is 0 Å². The SMILES string of the molecule is CC(=O)N[C@@H]1[C@@H](O)[C@H](O)[C@@H](CO[C@@H]2O[C@H](CO)[C@@H](OP(=O)(O)O)[C@H](O)[C@H]2NC(C)=O)O[C@@H]1O. The van der Waals surface area contributed by atoms with Crippen LogP contribution in [-0.2, 0) is 32.9 Å². The van der Waals surface area contributed by atoms with Crippen molar-refractivity contribution in [2.45, 2.75) is 75.1 Å². The second-order valence-electron chi connectivity index (χ2n) is 7.61. The maximum Gasteiger partial charge on any atom is 0.470 e. The van der Waals surface area contributed by atoms with Gasteiger partial charge in [0.15, 0.2) is 12.6 Å². The molecule has 0 aromatic rings. The van der Waals surface area contributed by atoms with E-state index in [0.717, 1.165) is 13.8 Å². The molecule has 0 saturated carbocycles. The molecule has 192 valence electrons. The molecule has 0 bridgehead atoms. The van der Waals surface area contributed by atoms with Gasteiger partial charge >= 0.3 is 7.82 Å². The molecule has 17 heteroatoms. The summed E-state index contributed by atoms with van der Waals surface area (Å²) >= 11 is 0. The number of nitrogens with one attached hydrogen (secondary N) is 2. The van der Waals surface area contributed by atoms with Gasteiger partial charge in [0.2, 0.25) is 11.8 Å². The number of ether oxygens (including phenoxy) is 3. The Balaban J connectivity index is 2.13. The van der Waals surface area contributed by atoms with Gasteiger partial charge in [-0.3, -0.25) is 14.1 Å². The van der Waals surface area contributed by atoms with E-state index >= 15 is 0 Å². The summed E-state index contributed by atoms with van der Waals surface area (Å²) in [6.07, 6.45) is -12.9. The lowest BCUT2D eigenvalue weighted by Crippen LogP contribution is -2.66. The van der Waals surface area contributed by atoms with Gasteiger partial charge in [-0.2, -0.15) is 0 Å². The fourth-order valence-corrected chi connectivity index (χ4v) is 4.13. The third kappa shape index (κ3) is 7.35. The average molecular weight is 504 g/mol. The van der Waals surface area contributed by atoms with E-state index in [1.54, 1.807) is 0 Å². The number of phosphoric acid groups is 1. The van der Waals surface area contributed by atoms with Crippen LogP contribution in [0.25, 0.3) is 0 Å². The van der Waals surface area contributed by atoms with E-state index in [1.807, 2.05) is 0 Å². The van der Waals surface area contributed by atoms with E-state index in [1.165, 1.54) is 0 Å². The predicted molar refractivity (Wildman–Crippen MR) is 103 cm³/mol. The number of carbonyl (C=O) groups excluding carboxylic acids is 2. The van der Waals surface area contributed by atoms with Crippen LogP contribution in [0.2, 0.25) is 0 Å². The Morgan fingerprint density at radius 2 is 1.48 bits per heavy atom. The first-order chi connectivity index (χ1) is 15.2. The number of hydrogen-bond acceptors (Lipinski definition) is 12. The molecule has 0 radical (unpaired) electrons. The fraction of sp³-hybridized carbons (Fsp3) is 0.875. The van der Waals surface area contributed by atoms with Crippen LogP contribution < -0.4 is 10.6 Å². The van der Waals surface area contributed by atoms with Crippen LogP contribution in [0.3, 0.4) is 0 Å². The third-order valence-electron chi connectivity index (χ3n) is 5.00. The molecule has 16 nitrogen and oxygen atoms in total. The normalized spacial score (nSPS) is 39.7. The van der Waals surface area contributed by atoms with Crippen LogP contribution in [0.5, 0.6) is 0 Å². The van der Waals surface area contributed by atoms with E-state index in [-0.39, 0.29) is 0 Å². The summed E-state index contributed by atoms with van der Waals surface area (Å²) in [6.45, 7) is 0.796. The van der Waals surface area contributed by atoms with Gasteiger partial charge in [-0.25, -0.2) is 4.57 Å². The molecule has 0 aliphatic carbocycles. The van der Waals surface area contributed by atoms with Gasteiger partial charge in [-0.15, -0.1) is 0 Å². The number of aliphatic hydroxyl groups excluding tert-OH is 5. The van der Waals surface area contributed by atoms with Crippen molar-refractivity contribution in [3.63, 3.8) is 0 Å². The molecule has 2 heterocycles. The molecule has 2 aliphatic heterocycles. The molecular weight excluding hydrogens is 475 g/mol. The lowest BCUT2D eigenvalue weighted by molar-refractivity contribution is -0.296. The van der Waals surface area contributed by atoms with Gasteiger partial charge in [0.1, 0.15) is 48.7 Å². The first-order valence-corrected chi connectivity index (χ1v) is 11.3. The van der Waals surface area contributed by atoms with Gasteiger partial charge < -0.3 is 60.2 Å². The quantitative estimate of drug-likeness (QED) is 0.140. The van der Waals surface area contributed by atoms with E-state index in [2.05, 4.69) is 15.2 Å². The minimum absolute atomic E-state index is 0.572. The molecule has 33 heavy (non-hydrogen) atoms. The molecule has 0 aromatic carbocycles. The van der Waals surface area contributed by atoms with E-state index in [9.17, 15) is 39.7 Å². The first kappa shape index (κ1) is 28.0. The molecule has 9 N–H and O–H groups in total. The number of phosphoric ester groups is 1. The largest absolute Gasteiger partial charge is 0.470 e. The van der Waals surface area contributed by atoms with Gasteiger partial charge in [-0.05, 0) is 0 Å². The average Bonchev–Trinajstić information content (AvgIpc) is 2.69. The number of carbonyl (C=O) groups is 2. The minimum Gasteiger partial charge on any atom is -0.394 e. The smallest absolute Gasteiger partial charge is 0.394 e. The standard InChI is InChI=1S/C16H29N2O14P/c1-5(20)17-9-12(23)11(22)8(30-15(9)25)4-29-16-10(18-6(2)21)13(24)14(7(3-19)31-16)32-33(26,27)28/h7-16,19,22-25H,3-4H2,1-2H3,(H,17,20)(H,18,21)(H2,26,27,28)/t7-,8-,9-,10-,11-,12-,13-,14-,15+,16-/m1/s1. The van der Waals surface area contributed by atoms with Crippen molar-refractivity contribution >= 4 is 19.6 Å². The molecule has 10 atom stereocenters. The molecule has 2 saturated heterocycles. The second kappa shape index (κ2) is 11.4. The molecule has 2 aliphatic rings. The van der Waals surface area contributed by atoms with Crippen LogP contribution in [0, 0.1) is 0 Å². The highest BCUT2D eigenvalue weighted by Gasteiger charge is 2.50. The zero-order valence-electron chi connectivity index (χ0n) is 17.6. The summed E-state index contributed by atoms with van der Waals surface area (Å²) in [5, 5.41) is 55.1. The van der Waals surface area contributed by atoms with Crippen molar-refractivity contribution in [1.29, 1.82) is 0 Å². The Labute approximate surface area is 187 Å². The minimum atomic E-state index is -5.12. The summed E-state index contributed by atoms with van der Waals surface area (Å²) in [7, 11) is -5.12. The third-order valence-corrected chi connectivity index (χ3v) is 5.51. The van der Waals surface area contributed by atoms with Crippen molar-refractivity contribution in [1.82, 2.24) is 10.6 Å². The monoisotopic (exact) mass is 504 g/mol. The number of aliphatic hydroxyl groups is 5. The number of hydrogen-bond donors (Lipinski definition) is 9. The molecule has 0 unspecified atom stereocenters. The van der Waals surface area contributed by atoms with Crippen molar-refractivity contribution in [3.8, 4) is 0 Å². The van der Waals surface area contributed by atoms with Crippen LogP contribution in [-0.4, -0.2) is 122 Å². The van der Waals surface area contributed by atoms with Crippen LogP contribution in [0.4, 0.5) is 0 Å². The van der Waals surface area contributed by atoms with Crippen LogP contribution in [0.15, 0.2) is 0 Å². The van der Waals surface area contributed by atoms with Gasteiger partial charge in [0.05, 0.1) is 13.2 Å². The summed E-state index contributed by atoms with van der Waals surface area (Å²) < 4.78 is 31.8. The summed E-state index contributed by atoms with van der Waals surface area (Å²) in [6, 6.07) is -2.76. The topological polar surface area (TPSA) is 254 Å². The Kier molecular flexibility index (Phi) is 9.70. The first-order valence-electron chi connectivity index (χ1n) is 9.79. The lowest BCUT2D eigenvalue weighted by Gasteiger charge is -2.45. The Bertz CT molecular complexity index is 736. The maximum atomic E-state index is 11.6. The molecule has 2 rings (SSSR count). The summed E-state index contributed by atoms with van der Waals surface area (Å²) in [5.41, 5.74) is 0.